The predicted octanol–water partition coefficient (Wildman–Crippen LogP) is 1.33. The average Bonchev–Trinajstić information content (AvgIpc) is 2.55. The van der Waals surface area contributed by atoms with Gasteiger partial charge in [0.25, 0.3) is 0 Å². The van der Waals surface area contributed by atoms with Crippen molar-refractivity contribution in [2.24, 2.45) is 5.73 Å². The summed E-state index contributed by atoms with van der Waals surface area (Å²) < 4.78 is 5.32. The monoisotopic (exact) mass is 190 g/mol. The van der Waals surface area contributed by atoms with Crippen molar-refractivity contribution in [3.05, 3.63) is 29.7 Å². The molecule has 0 spiro atoms. The van der Waals surface area contributed by atoms with E-state index in [2.05, 4.69) is 4.98 Å². The van der Waals surface area contributed by atoms with E-state index in [0.717, 1.165) is 11.1 Å². The van der Waals surface area contributed by atoms with Gasteiger partial charge in [-0.3, -0.25) is 0 Å². The quantitative estimate of drug-likeness (QED) is 0.725. The van der Waals surface area contributed by atoms with Crippen LogP contribution < -0.4 is 5.73 Å². The van der Waals surface area contributed by atoms with Gasteiger partial charge in [0.05, 0.1) is 6.04 Å². The molecule has 0 saturated heterocycles. The second kappa shape index (κ2) is 3.23. The minimum atomic E-state index is -0.593. The van der Waals surface area contributed by atoms with Gasteiger partial charge in [-0.15, -0.1) is 0 Å². The largest absolute Gasteiger partial charge is 0.441 e. The van der Waals surface area contributed by atoms with Crippen LogP contribution in [0.25, 0.3) is 11.1 Å². The number of aromatic nitrogens is 1. The van der Waals surface area contributed by atoms with Crippen molar-refractivity contribution >= 4 is 17.4 Å². The summed E-state index contributed by atoms with van der Waals surface area (Å²) in [6, 6.07) is 4.73. The van der Waals surface area contributed by atoms with E-state index in [1.54, 1.807) is 25.1 Å². The lowest BCUT2D eigenvalue weighted by molar-refractivity contribution is -0.109. The number of rotatable bonds is 2. The van der Waals surface area contributed by atoms with Crippen LogP contribution in [0.4, 0.5) is 0 Å². The van der Waals surface area contributed by atoms with E-state index in [-0.39, 0.29) is 0 Å². The van der Waals surface area contributed by atoms with Crippen LogP contribution in [0.3, 0.4) is 0 Å². The van der Waals surface area contributed by atoms with Gasteiger partial charge in [-0.2, -0.15) is 0 Å². The van der Waals surface area contributed by atoms with Gasteiger partial charge in [-0.25, -0.2) is 4.98 Å². The van der Waals surface area contributed by atoms with E-state index < -0.39 is 6.04 Å². The van der Waals surface area contributed by atoms with Gasteiger partial charge < -0.3 is 14.9 Å². The average molecular weight is 190 g/mol. The first-order valence-corrected chi connectivity index (χ1v) is 4.28. The number of nitrogens with two attached hydrogens (primary N) is 1. The Bertz CT molecular complexity index is 476. The van der Waals surface area contributed by atoms with Crippen molar-refractivity contribution in [3.63, 3.8) is 0 Å². The second-order valence-corrected chi connectivity index (χ2v) is 3.12. The molecule has 72 valence electrons. The molecule has 0 saturated carbocycles. The fourth-order valence-corrected chi connectivity index (χ4v) is 1.34. The topological polar surface area (TPSA) is 69.1 Å². The zero-order chi connectivity index (χ0) is 10.1. The van der Waals surface area contributed by atoms with Gasteiger partial charge >= 0.3 is 0 Å². The normalized spacial score (nSPS) is 13.0. The Morgan fingerprint density at radius 3 is 3.07 bits per heavy atom. The van der Waals surface area contributed by atoms with E-state index in [9.17, 15) is 4.79 Å². The van der Waals surface area contributed by atoms with Crippen LogP contribution >= 0.6 is 0 Å². The summed E-state index contributed by atoms with van der Waals surface area (Å²) in [4.78, 5) is 14.6. The molecule has 1 unspecified atom stereocenters. The predicted molar refractivity (Wildman–Crippen MR) is 51.7 cm³/mol. The minimum Gasteiger partial charge on any atom is -0.441 e. The first kappa shape index (κ1) is 8.90. The molecule has 0 amide bonds. The smallest absolute Gasteiger partial charge is 0.192 e. The van der Waals surface area contributed by atoms with Crippen molar-refractivity contribution in [1.82, 2.24) is 4.98 Å². The van der Waals surface area contributed by atoms with E-state index in [0.29, 0.717) is 17.8 Å². The maximum Gasteiger partial charge on any atom is 0.192 e. The highest BCUT2D eigenvalue weighted by atomic mass is 16.3. The van der Waals surface area contributed by atoms with Crippen molar-refractivity contribution in [1.29, 1.82) is 0 Å². The number of fused-ring (bicyclic) bond motifs is 1. The highest BCUT2D eigenvalue weighted by molar-refractivity contribution is 5.75. The van der Waals surface area contributed by atoms with Crippen molar-refractivity contribution in [2.75, 3.05) is 0 Å². The maximum atomic E-state index is 10.5. The Balaban J connectivity index is 2.55. The van der Waals surface area contributed by atoms with E-state index in [4.69, 9.17) is 10.2 Å². The number of hydrogen-bond acceptors (Lipinski definition) is 4. The molecule has 14 heavy (non-hydrogen) atoms. The number of oxazole rings is 1. The summed E-state index contributed by atoms with van der Waals surface area (Å²) in [5, 5.41) is 0. The van der Waals surface area contributed by atoms with E-state index >= 15 is 0 Å². The molecule has 0 bridgehead atoms. The zero-order valence-electron chi connectivity index (χ0n) is 7.73. The van der Waals surface area contributed by atoms with E-state index in [1.165, 1.54) is 0 Å². The van der Waals surface area contributed by atoms with Gasteiger partial charge in [-0.1, -0.05) is 6.07 Å². The third kappa shape index (κ3) is 1.40. The summed E-state index contributed by atoms with van der Waals surface area (Å²) in [7, 11) is 0. The molecule has 0 aliphatic carbocycles. The van der Waals surface area contributed by atoms with Gasteiger partial charge in [0, 0.05) is 6.92 Å². The Morgan fingerprint density at radius 1 is 1.57 bits per heavy atom. The number of aldehydes is 1. The Kier molecular flexibility index (Phi) is 2.05. The van der Waals surface area contributed by atoms with Crippen molar-refractivity contribution < 1.29 is 9.21 Å². The molecule has 0 radical (unpaired) electrons. The molecule has 0 fully saturated rings. The third-order valence-corrected chi connectivity index (χ3v) is 2.05. The van der Waals surface area contributed by atoms with Gasteiger partial charge in [0.1, 0.15) is 11.8 Å². The molecule has 0 aliphatic rings. The van der Waals surface area contributed by atoms with Gasteiger partial charge in [-0.05, 0) is 17.7 Å². The molecular formula is C10H10N2O2. The van der Waals surface area contributed by atoms with E-state index in [1.807, 2.05) is 0 Å². The maximum absolute atomic E-state index is 10.5. The van der Waals surface area contributed by atoms with Crippen LogP contribution in [-0.4, -0.2) is 11.3 Å². The summed E-state index contributed by atoms with van der Waals surface area (Å²) in [6.45, 7) is 1.78. The summed E-state index contributed by atoms with van der Waals surface area (Å²) in [5.74, 6) is 0.608. The number of nitrogens with zero attached hydrogens (tertiary/aromatic N) is 1. The molecule has 2 N–H and O–H groups in total. The molecule has 1 aromatic carbocycles. The zero-order valence-corrected chi connectivity index (χ0v) is 7.73. The number of carbonyl (C=O) groups is 1. The molecule has 4 heteroatoms. The standard InChI is InChI=1S/C10H10N2O2/c1-6-12-9-3-2-7(8(11)5-13)4-10(9)14-6/h2-5,8H,11H2,1H3. The van der Waals surface area contributed by atoms with Crippen LogP contribution in [0.5, 0.6) is 0 Å². The first-order chi connectivity index (χ1) is 6.70. The minimum absolute atomic E-state index is 0.593. The molecule has 2 aromatic rings. The third-order valence-electron chi connectivity index (χ3n) is 2.05. The number of hydrogen-bond donors (Lipinski definition) is 1. The molecule has 1 atom stereocenters. The lowest BCUT2D eigenvalue weighted by Crippen LogP contribution is -2.10. The fourth-order valence-electron chi connectivity index (χ4n) is 1.34. The second-order valence-electron chi connectivity index (χ2n) is 3.12. The SMILES string of the molecule is Cc1nc2ccc(C(N)C=O)cc2o1. The molecule has 1 aromatic heterocycles. The van der Waals surface area contributed by atoms with Gasteiger partial charge in [0.2, 0.25) is 0 Å². The summed E-state index contributed by atoms with van der Waals surface area (Å²) >= 11 is 0. The lowest BCUT2D eigenvalue weighted by Gasteiger charge is -2.01. The number of carbonyl (C=O) groups excluding carboxylic acids is 1. The Hall–Kier alpha value is -1.68. The molecular weight excluding hydrogens is 180 g/mol. The van der Waals surface area contributed by atoms with Crippen LogP contribution in [0.15, 0.2) is 22.6 Å². The lowest BCUT2D eigenvalue weighted by atomic mass is 10.1. The molecule has 2 rings (SSSR count). The molecule has 0 aliphatic heterocycles. The van der Waals surface area contributed by atoms with Crippen molar-refractivity contribution in [2.45, 2.75) is 13.0 Å². The fraction of sp³-hybridized carbons (Fsp3) is 0.200. The van der Waals surface area contributed by atoms with Crippen LogP contribution in [-0.2, 0) is 4.79 Å². The molecule has 4 nitrogen and oxygen atoms in total. The van der Waals surface area contributed by atoms with Gasteiger partial charge in [0.15, 0.2) is 11.5 Å². The van der Waals surface area contributed by atoms with Crippen LogP contribution in [0, 0.1) is 6.92 Å². The number of aryl methyl sites for hydroxylation is 1. The Morgan fingerprint density at radius 2 is 2.36 bits per heavy atom. The van der Waals surface area contributed by atoms with Crippen LogP contribution in [0.2, 0.25) is 0 Å². The Labute approximate surface area is 80.7 Å². The first-order valence-electron chi connectivity index (χ1n) is 4.28. The summed E-state index contributed by atoms with van der Waals surface area (Å²) in [5.41, 5.74) is 7.75. The van der Waals surface area contributed by atoms with Crippen molar-refractivity contribution in [3.8, 4) is 0 Å². The molecule has 1 heterocycles. The highest BCUT2D eigenvalue weighted by Gasteiger charge is 2.07. The summed E-state index contributed by atoms with van der Waals surface area (Å²) in [6.07, 6.45) is 0.699. The highest BCUT2D eigenvalue weighted by Crippen LogP contribution is 2.19. The van der Waals surface area contributed by atoms with Crippen LogP contribution in [0.1, 0.15) is 17.5 Å². The number of benzene rings is 1.